The van der Waals surface area contributed by atoms with E-state index in [0.29, 0.717) is 25.1 Å². The number of esters is 1. The van der Waals surface area contributed by atoms with Crippen LogP contribution in [0.2, 0.25) is 0 Å². The van der Waals surface area contributed by atoms with Crippen LogP contribution in [0.15, 0.2) is 22.8 Å². The Morgan fingerprint density at radius 3 is 2.70 bits per heavy atom. The Morgan fingerprint density at radius 2 is 2.17 bits per heavy atom. The summed E-state index contributed by atoms with van der Waals surface area (Å²) in [5.74, 6) is -1.70. The van der Waals surface area contributed by atoms with E-state index in [1.165, 1.54) is 6.26 Å². The van der Waals surface area contributed by atoms with Crippen LogP contribution in [0.5, 0.6) is 0 Å². The largest absolute Gasteiger partial charge is 0.480 e. The Hall–Kier alpha value is -1.86. The van der Waals surface area contributed by atoms with E-state index in [4.69, 9.17) is 14.9 Å². The maximum Gasteiger partial charge on any atom is 0.328 e. The van der Waals surface area contributed by atoms with Gasteiger partial charge in [-0.2, -0.15) is 0 Å². The van der Waals surface area contributed by atoms with Gasteiger partial charge in [0.05, 0.1) is 18.3 Å². The summed E-state index contributed by atoms with van der Waals surface area (Å²) in [6.45, 7) is 5.86. The molecule has 3 atom stereocenters. The molecule has 2 rings (SSSR count). The van der Waals surface area contributed by atoms with Crippen LogP contribution in [0.1, 0.15) is 45.4 Å². The zero-order chi connectivity index (χ0) is 17.2. The predicted molar refractivity (Wildman–Crippen MR) is 82.3 cm³/mol. The third kappa shape index (κ3) is 4.11. The van der Waals surface area contributed by atoms with E-state index >= 15 is 0 Å². The van der Waals surface area contributed by atoms with Crippen molar-refractivity contribution in [3.63, 3.8) is 0 Å². The fraction of sp³-hybridized carbons (Fsp3) is 0.625. The molecule has 0 amide bonds. The molecule has 1 aliphatic rings. The van der Waals surface area contributed by atoms with Crippen molar-refractivity contribution in [3.8, 4) is 0 Å². The summed E-state index contributed by atoms with van der Waals surface area (Å²) in [5, 5.41) is 9.55. The summed E-state index contributed by atoms with van der Waals surface area (Å²) in [5.41, 5.74) is 5.60. The lowest BCUT2D eigenvalue weighted by Crippen LogP contribution is -2.56. The van der Waals surface area contributed by atoms with Crippen molar-refractivity contribution in [2.75, 3.05) is 6.54 Å². The van der Waals surface area contributed by atoms with Gasteiger partial charge in [0, 0.05) is 6.54 Å². The first-order valence-electron chi connectivity index (χ1n) is 7.71. The summed E-state index contributed by atoms with van der Waals surface area (Å²) in [7, 11) is 0. The zero-order valence-electron chi connectivity index (χ0n) is 13.7. The number of carbonyl (C=O) groups excluding carboxylic acids is 1. The first kappa shape index (κ1) is 17.5. The Kier molecular flexibility index (Phi) is 5.11. The molecule has 1 aromatic heterocycles. The minimum atomic E-state index is -1.06. The molecule has 1 aromatic rings. The van der Waals surface area contributed by atoms with Crippen LogP contribution in [0.3, 0.4) is 0 Å². The van der Waals surface area contributed by atoms with Crippen LogP contribution in [0.4, 0.5) is 0 Å². The Bertz CT molecular complexity index is 549. The van der Waals surface area contributed by atoms with Crippen molar-refractivity contribution in [1.82, 2.24) is 4.90 Å². The summed E-state index contributed by atoms with van der Waals surface area (Å²) in [6.07, 6.45) is 1.94. The van der Waals surface area contributed by atoms with Crippen LogP contribution in [-0.4, -0.2) is 40.3 Å². The van der Waals surface area contributed by atoms with Crippen molar-refractivity contribution in [2.45, 2.75) is 51.4 Å². The molecular formula is C16H24N2O5. The van der Waals surface area contributed by atoms with E-state index in [0.717, 1.165) is 0 Å². The fourth-order valence-electron chi connectivity index (χ4n) is 2.85. The second-order valence-corrected chi connectivity index (χ2v) is 6.77. The molecule has 3 N–H and O–H groups in total. The van der Waals surface area contributed by atoms with Crippen molar-refractivity contribution in [1.29, 1.82) is 0 Å². The fourth-order valence-corrected chi connectivity index (χ4v) is 2.85. The molecule has 1 aliphatic heterocycles. The van der Waals surface area contributed by atoms with Crippen LogP contribution >= 0.6 is 0 Å². The smallest absolute Gasteiger partial charge is 0.328 e. The van der Waals surface area contributed by atoms with Gasteiger partial charge in [-0.1, -0.05) is 0 Å². The van der Waals surface area contributed by atoms with Crippen LogP contribution in [-0.2, 0) is 14.3 Å². The van der Waals surface area contributed by atoms with Gasteiger partial charge in [0.1, 0.15) is 11.4 Å². The number of piperidine rings is 1. The molecular weight excluding hydrogens is 300 g/mol. The lowest BCUT2D eigenvalue weighted by molar-refractivity contribution is -0.167. The molecule has 128 valence electrons. The molecule has 0 radical (unpaired) electrons. The number of carbonyl (C=O) groups is 2. The number of carboxylic acids is 1. The number of hydrogen-bond acceptors (Lipinski definition) is 6. The van der Waals surface area contributed by atoms with Crippen molar-refractivity contribution < 1.29 is 23.8 Å². The molecule has 3 unspecified atom stereocenters. The van der Waals surface area contributed by atoms with Gasteiger partial charge in [-0.25, -0.2) is 0 Å². The molecule has 2 heterocycles. The van der Waals surface area contributed by atoms with E-state index < -0.39 is 35.7 Å². The maximum absolute atomic E-state index is 12.3. The number of hydrogen-bond donors (Lipinski definition) is 2. The highest BCUT2D eigenvalue weighted by Gasteiger charge is 2.42. The minimum absolute atomic E-state index is 0.304. The third-order valence-corrected chi connectivity index (χ3v) is 3.81. The van der Waals surface area contributed by atoms with E-state index in [2.05, 4.69) is 0 Å². The first-order valence-corrected chi connectivity index (χ1v) is 7.71. The summed E-state index contributed by atoms with van der Waals surface area (Å²) in [4.78, 5) is 25.6. The molecule has 0 aliphatic carbocycles. The minimum Gasteiger partial charge on any atom is -0.480 e. The molecule has 1 saturated heterocycles. The number of nitrogens with zero attached hydrogens (tertiary/aromatic N) is 1. The lowest BCUT2D eigenvalue weighted by Gasteiger charge is -2.40. The number of nitrogens with two attached hydrogens (primary N) is 1. The standard InChI is InChI=1S/C16H24N2O5/c1-16(2,3)23-15(21)10-6-4-8-18(13(10)17)12(14(19)20)11-7-5-9-22-11/h5,7,9-10,12-13H,4,6,8,17H2,1-3H3,(H,19,20). The van der Waals surface area contributed by atoms with Crippen molar-refractivity contribution in [3.05, 3.63) is 24.2 Å². The highest BCUT2D eigenvalue weighted by molar-refractivity contribution is 5.76. The highest BCUT2D eigenvalue weighted by Crippen LogP contribution is 2.31. The number of ether oxygens (including phenoxy) is 1. The zero-order valence-corrected chi connectivity index (χ0v) is 13.7. The average Bonchev–Trinajstić information content (AvgIpc) is 2.92. The van der Waals surface area contributed by atoms with Gasteiger partial charge in [0.15, 0.2) is 6.04 Å². The molecule has 0 saturated carbocycles. The van der Waals surface area contributed by atoms with Gasteiger partial charge in [0.25, 0.3) is 0 Å². The molecule has 7 nitrogen and oxygen atoms in total. The molecule has 0 bridgehead atoms. The lowest BCUT2D eigenvalue weighted by atomic mass is 9.92. The van der Waals surface area contributed by atoms with Crippen LogP contribution in [0.25, 0.3) is 0 Å². The average molecular weight is 324 g/mol. The van der Waals surface area contributed by atoms with E-state index in [9.17, 15) is 14.7 Å². The van der Waals surface area contributed by atoms with Crippen molar-refractivity contribution >= 4 is 11.9 Å². The molecule has 1 fully saturated rings. The summed E-state index contributed by atoms with van der Waals surface area (Å²) in [6, 6.07) is 2.22. The molecule has 0 spiro atoms. The second kappa shape index (κ2) is 6.72. The quantitative estimate of drug-likeness (QED) is 0.812. The third-order valence-electron chi connectivity index (χ3n) is 3.81. The number of carboxylic acid groups (broad SMARTS) is 1. The number of aliphatic carboxylic acids is 1. The van der Waals surface area contributed by atoms with E-state index in [1.807, 2.05) is 0 Å². The van der Waals surface area contributed by atoms with Crippen molar-refractivity contribution in [2.24, 2.45) is 11.7 Å². The SMILES string of the molecule is CC(C)(C)OC(=O)C1CCCN(C(C(=O)O)c2ccco2)C1N. The number of rotatable bonds is 4. The normalized spacial score (nSPS) is 24.2. The number of furan rings is 1. The molecule has 23 heavy (non-hydrogen) atoms. The Morgan fingerprint density at radius 1 is 1.48 bits per heavy atom. The molecule has 0 aromatic carbocycles. The van der Waals surface area contributed by atoms with Gasteiger partial charge in [-0.15, -0.1) is 0 Å². The van der Waals surface area contributed by atoms with Gasteiger partial charge in [-0.3, -0.25) is 14.5 Å². The maximum atomic E-state index is 12.3. The predicted octanol–water partition coefficient (Wildman–Crippen LogP) is 1.74. The first-order chi connectivity index (χ1) is 10.7. The Labute approximate surface area is 135 Å². The monoisotopic (exact) mass is 324 g/mol. The highest BCUT2D eigenvalue weighted by atomic mass is 16.6. The Balaban J connectivity index is 2.19. The van der Waals surface area contributed by atoms with Crippen LogP contribution in [0, 0.1) is 5.92 Å². The topological polar surface area (TPSA) is 106 Å². The van der Waals surface area contributed by atoms with Crippen LogP contribution < -0.4 is 5.73 Å². The summed E-state index contributed by atoms with van der Waals surface area (Å²) < 4.78 is 10.7. The van der Waals surface area contributed by atoms with Gasteiger partial charge >= 0.3 is 11.9 Å². The summed E-state index contributed by atoms with van der Waals surface area (Å²) >= 11 is 0. The second-order valence-electron chi connectivity index (χ2n) is 6.77. The van der Waals surface area contributed by atoms with Gasteiger partial charge in [0.2, 0.25) is 0 Å². The van der Waals surface area contributed by atoms with E-state index in [-0.39, 0.29) is 0 Å². The van der Waals surface area contributed by atoms with Gasteiger partial charge in [-0.05, 0) is 45.7 Å². The number of likely N-dealkylation sites (tertiary alicyclic amines) is 1. The van der Waals surface area contributed by atoms with E-state index in [1.54, 1.807) is 37.8 Å². The molecule has 7 heteroatoms. The van der Waals surface area contributed by atoms with Gasteiger partial charge < -0.3 is 20.0 Å².